The second-order valence-electron chi connectivity index (χ2n) is 4.32. The molecule has 1 aromatic carbocycles. The molecule has 1 atom stereocenters. The molecule has 0 radical (unpaired) electrons. The van der Waals surface area contributed by atoms with Crippen LogP contribution in [0, 0.1) is 5.92 Å². The van der Waals surface area contributed by atoms with Gasteiger partial charge in [0.25, 0.3) is 0 Å². The minimum Gasteiger partial charge on any atom is -0.491 e. The summed E-state index contributed by atoms with van der Waals surface area (Å²) in [6.07, 6.45) is 0.982. The predicted molar refractivity (Wildman–Crippen MR) is 66.6 cm³/mol. The van der Waals surface area contributed by atoms with Gasteiger partial charge in [0.05, 0.1) is 5.92 Å². The number of hydrogen-bond donors (Lipinski definition) is 1. The first kappa shape index (κ1) is 13.2. The Morgan fingerprint density at radius 2 is 2.00 bits per heavy atom. The molecule has 1 saturated carbocycles. The Morgan fingerprint density at radius 1 is 1.33 bits per heavy atom. The average Bonchev–Trinajstić information content (AvgIpc) is 3.19. The van der Waals surface area contributed by atoms with Gasteiger partial charge in [-0.3, -0.25) is 4.79 Å². The molecule has 0 saturated heterocycles. The highest BCUT2D eigenvalue weighted by Crippen LogP contribution is 2.30. The van der Waals surface area contributed by atoms with Gasteiger partial charge in [-0.25, -0.2) is 0 Å². The van der Waals surface area contributed by atoms with Crippen molar-refractivity contribution < 1.29 is 19.4 Å². The van der Waals surface area contributed by atoms with Gasteiger partial charge in [0, 0.05) is 5.02 Å². The van der Waals surface area contributed by atoms with Crippen LogP contribution in [-0.2, 0) is 9.53 Å². The van der Waals surface area contributed by atoms with E-state index in [2.05, 4.69) is 0 Å². The zero-order valence-corrected chi connectivity index (χ0v) is 10.6. The highest BCUT2D eigenvalue weighted by molar-refractivity contribution is 6.30. The first-order valence-corrected chi connectivity index (χ1v) is 6.26. The zero-order chi connectivity index (χ0) is 13.0. The topological polar surface area (TPSA) is 55.8 Å². The molecular weight excluding hydrogens is 256 g/mol. The normalized spacial score (nSPS) is 16.1. The lowest BCUT2D eigenvalue weighted by Gasteiger charge is -2.12. The van der Waals surface area contributed by atoms with Crippen molar-refractivity contribution in [3.8, 4) is 5.75 Å². The van der Waals surface area contributed by atoms with Crippen LogP contribution in [0.3, 0.4) is 0 Å². The van der Waals surface area contributed by atoms with Crippen LogP contribution in [0.2, 0.25) is 5.02 Å². The van der Waals surface area contributed by atoms with Gasteiger partial charge in [-0.2, -0.15) is 0 Å². The highest BCUT2D eigenvalue weighted by Gasteiger charge is 2.31. The van der Waals surface area contributed by atoms with E-state index in [0.717, 1.165) is 12.8 Å². The monoisotopic (exact) mass is 270 g/mol. The van der Waals surface area contributed by atoms with Crippen molar-refractivity contribution in [2.24, 2.45) is 5.92 Å². The number of benzene rings is 1. The lowest BCUT2D eigenvalue weighted by molar-refractivity contribution is -0.148. The van der Waals surface area contributed by atoms with Gasteiger partial charge in [0.2, 0.25) is 0 Å². The van der Waals surface area contributed by atoms with Crippen LogP contribution in [-0.4, -0.2) is 30.4 Å². The molecule has 0 aromatic heterocycles. The summed E-state index contributed by atoms with van der Waals surface area (Å²) < 4.78 is 10.3. The molecule has 98 valence electrons. The van der Waals surface area contributed by atoms with Crippen LogP contribution in [0.15, 0.2) is 24.3 Å². The fourth-order valence-corrected chi connectivity index (χ4v) is 1.51. The van der Waals surface area contributed by atoms with E-state index in [1.54, 1.807) is 24.3 Å². The van der Waals surface area contributed by atoms with E-state index < -0.39 is 6.10 Å². The summed E-state index contributed by atoms with van der Waals surface area (Å²) in [5.41, 5.74) is 0. The van der Waals surface area contributed by atoms with Gasteiger partial charge in [0.15, 0.2) is 0 Å². The van der Waals surface area contributed by atoms with Crippen LogP contribution in [0.4, 0.5) is 0 Å². The Balaban J connectivity index is 1.66. The quantitative estimate of drug-likeness (QED) is 0.804. The maximum absolute atomic E-state index is 11.2. The lowest BCUT2D eigenvalue weighted by Crippen LogP contribution is -2.25. The number of halogens is 1. The number of aliphatic hydroxyl groups excluding tert-OH is 1. The maximum atomic E-state index is 11.2. The minimum atomic E-state index is -0.816. The fourth-order valence-electron chi connectivity index (χ4n) is 1.39. The Morgan fingerprint density at radius 3 is 2.61 bits per heavy atom. The summed E-state index contributed by atoms with van der Waals surface area (Å²) >= 11 is 5.73. The number of rotatable bonds is 6. The average molecular weight is 271 g/mol. The molecule has 1 aliphatic carbocycles. The van der Waals surface area contributed by atoms with Gasteiger partial charge < -0.3 is 14.6 Å². The standard InChI is InChI=1S/C13H15ClO4/c14-10-3-5-12(6-4-10)17-7-11(15)8-18-13(16)9-1-2-9/h3-6,9,11,15H,1-2,7-8H2. The minimum absolute atomic E-state index is 0.0249. The summed E-state index contributed by atoms with van der Waals surface area (Å²) in [4.78, 5) is 11.2. The summed E-state index contributed by atoms with van der Waals surface area (Å²) in [6.45, 7) is 0.0580. The molecule has 1 fully saturated rings. The second kappa shape index (κ2) is 6.07. The third-order valence-corrected chi connectivity index (χ3v) is 2.84. The summed E-state index contributed by atoms with van der Waals surface area (Å²) in [5.74, 6) is 0.446. The predicted octanol–water partition coefficient (Wildman–Crippen LogP) is 2.03. The number of carbonyl (C=O) groups excluding carboxylic acids is 1. The summed E-state index contributed by atoms with van der Waals surface area (Å²) in [7, 11) is 0. The highest BCUT2D eigenvalue weighted by atomic mass is 35.5. The van der Waals surface area contributed by atoms with E-state index in [-0.39, 0.29) is 25.1 Å². The van der Waals surface area contributed by atoms with E-state index in [0.29, 0.717) is 10.8 Å². The van der Waals surface area contributed by atoms with Crippen molar-refractivity contribution in [3.05, 3.63) is 29.3 Å². The van der Waals surface area contributed by atoms with Crippen LogP contribution in [0.1, 0.15) is 12.8 Å². The van der Waals surface area contributed by atoms with Crippen molar-refractivity contribution in [1.29, 1.82) is 0 Å². The van der Waals surface area contributed by atoms with Gasteiger partial charge >= 0.3 is 5.97 Å². The Hall–Kier alpha value is -1.26. The number of ether oxygens (including phenoxy) is 2. The van der Waals surface area contributed by atoms with Crippen LogP contribution < -0.4 is 4.74 Å². The SMILES string of the molecule is O=C(OCC(O)COc1ccc(Cl)cc1)C1CC1. The molecule has 0 spiro atoms. The van der Waals surface area contributed by atoms with Crippen molar-refractivity contribution in [3.63, 3.8) is 0 Å². The van der Waals surface area contributed by atoms with E-state index in [9.17, 15) is 9.90 Å². The molecule has 1 aliphatic rings. The summed E-state index contributed by atoms with van der Waals surface area (Å²) in [6, 6.07) is 6.84. The van der Waals surface area contributed by atoms with Crippen molar-refractivity contribution >= 4 is 17.6 Å². The molecule has 0 bridgehead atoms. The molecule has 0 heterocycles. The van der Waals surface area contributed by atoms with Crippen LogP contribution >= 0.6 is 11.6 Å². The smallest absolute Gasteiger partial charge is 0.309 e. The Labute approximate surface area is 110 Å². The molecule has 5 heteroatoms. The van der Waals surface area contributed by atoms with Gasteiger partial charge in [-0.05, 0) is 37.1 Å². The molecule has 0 amide bonds. The number of carbonyl (C=O) groups is 1. The van der Waals surface area contributed by atoms with Crippen LogP contribution in [0.5, 0.6) is 5.75 Å². The maximum Gasteiger partial charge on any atom is 0.309 e. The van der Waals surface area contributed by atoms with Gasteiger partial charge in [-0.1, -0.05) is 11.6 Å². The molecule has 2 rings (SSSR count). The number of esters is 1. The molecule has 0 aliphatic heterocycles. The third kappa shape index (κ3) is 4.20. The largest absolute Gasteiger partial charge is 0.491 e. The van der Waals surface area contributed by atoms with Crippen molar-refractivity contribution in [2.45, 2.75) is 18.9 Å². The lowest BCUT2D eigenvalue weighted by atomic mass is 10.3. The molecule has 1 unspecified atom stereocenters. The van der Waals surface area contributed by atoms with E-state index >= 15 is 0 Å². The molecule has 4 nitrogen and oxygen atoms in total. The molecule has 18 heavy (non-hydrogen) atoms. The van der Waals surface area contributed by atoms with Crippen LogP contribution in [0.25, 0.3) is 0 Å². The van der Waals surface area contributed by atoms with E-state index in [1.165, 1.54) is 0 Å². The number of hydrogen-bond acceptors (Lipinski definition) is 4. The summed E-state index contributed by atoms with van der Waals surface area (Å²) in [5, 5.41) is 10.2. The first-order valence-electron chi connectivity index (χ1n) is 5.88. The van der Waals surface area contributed by atoms with Crippen molar-refractivity contribution in [1.82, 2.24) is 0 Å². The first-order chi connectivity index (χ1) is 8.65. The van der Waals surface area contributed by atoms with Gasteiger partial charge in [0.1, 0.15) is 25.1 Å². The van der Waals surface area contributed by atoms with E-state index in [4.69, 9.17) is 21.1 Å². The second-order valence-corrected chi connectivity index (χ2v) is 4.76. The Bertz CT molecular complexity index is 400. The Kier molecular flexibility index (Phi) is 4.44. The van der Waals surface area contributed by atoms with Gasteiger partial charge in [-0.15, -0.1) is 0 Å². The third-order valence-electron chi connectivity index (χ3n) is 2.58. The number of aliphatic hydroxyl groups is 1. The van der Waals surface area contributed by atoms with Crippen molar-refractivity contribution in [2.75, 3.05) is 13.2 Å². The molecular formula is C13H15ClO4. The van der Waals surface area contributed by atoms with E-state index in [1.807, 2.05) is 0 Å². The fraction of sp³-hybridized carbons (Fsp3) is 0.462. The molecule has 1 N–H and O–H groups in total. The zero-order valence-electron chi connectivity index (χ0n) is 9.84. The molecule has 1 aromatic rings.